The van der Waals surface area contributed by atoms with Crippen molar-refractivity contribution in [3.63, 3.8) is 0 Å². The van der Waals surface area contributed by atoms with E-state index in [1.165, 1.54) is 12.4 Å². The van der Waals surface area contributed by atoms with Crippen molar-refractivity contribution >= 4 is 22.8 Å². The Morgan fingerprint density at radius 2 is 1.97 bits per heavy atom. The second-order valence-corrected chi connectivity index (χ2v) is 9.78. The molecule has 3 aromatic heterocycles. The van der Waals surface area contributed by atoms with E-state index in [4.69, 9.17) is 0 Å². The Kier molecular flexibility index (Phi) is 6.57. The first-order valence-corrected chi connectivity index (χ1v) is 12.4. The van der Waals surface area contributed by atoms with Crippen LogP contribution in [0.5, 0.6) is 0 Å². The quantitative estimate of drug-likeness (QED) is 0.401. The third kappa shape index (κ3) is 4.62. The zero-order chi connectivity index (χ0) is 26.1. The number of hydrogen-bond acceptors (Lipinski definition) is 6. The first kappa shape index (κ1) is 24.4. The fraction of sp³-hybridized carbons (Fsp3) is 0.321. The number of aromatic nitrogens is 4. The van der Waals surface area contributed by atoms with Crippen LogP contribution >= 0.6 is 0 Å². The van der Waals surface area contributed by atoms with E-state index in [1.807, 2.05) is 18.7 Å². The molecule has 1 atom stereocenters. The molecule has 0 saturated carbocycles. The molecule has 188 valence electrons. The molecule has 4 aromatic rings. The summed E-state index contributed by atoms with van der Waals surface area (Å²) in [6.07, 6.45) is 5.40. The summed E-state index contributed by atoms with van der Waals surface area (Å²) in [5.74, 6) is 1.30. The number of hydrogen-bond donors (Lipinski definition) is 0. The smallest absolute Gasteiger partial charge is 0.222 e. The van der Waals surface area contributed by atoms with E-state index in [0.717, 1.165) is 0 Å². The molecule has 37 heavy (non-hydrogen) atoms. The average Bonchev–Trinajstić information content (AvgIpc) is 3.28. The summed E-state index contributed by atoms with van der Waals surface area (Å²) in [6, 6.07) is 12.1. The topological polar surface area (TPSA) is 90.9 Å². The van der Waals surface area contributed by atoms with Crippen molar-refractivity contribution in [2.75, 3.05) is 24.5 Å². The van der Waals surface area contributed by atoms with Crippen LogP contribution in [-0.4, -0.2) is 56.0 Å². The first-order valence-electron chi connectivity index (χ1n) is 12.4. The lowest BCUT2D eigenvalue weighted by atomic mass is 10.0. The van der Waals surface area contributed by atoms with Gasteiger partial charge in [-0.15, -0.1) is 0 Å². The van der Waals surface area contributed by atoms with Crippen molar-refractivity contribution < 1.29 is 9.18 Å². The molecule has 9 heteroatoms. The average molecular weight is 498 g/mol. The maximum absolute atomic E-state index is 15.1. The lowest BCUT2D eigenvalue weighted by Gasteiger charge is -2.41. The summed E-state index contributed by atoms with van der Waals surface area (Å²) in [5, 5.41) is 10.1. The number of anilines is 1. The van der Waals surface area contributed by atoms with Crippen molar-refractivity contribution in [3.8, 4) is 23.0 Å². The molecular weight excluding hydrogens is 469 g/mol. The number of nitrogens with zero attached hydrogens (tertiary/aromatic N) is 7. The molecule has 1 aliphatic heterocycles. The highest BCUT2D eigenvalue weighted by molar-refractivity contribution is 6.02. The van der Waals surface area contributed by atoms with Crippen LogP contribution in [0.25, 0.3) is 28.0 Å². The van der Waals surface area contributed by atoms with E-state index in [9.17, 15) is 10.1 Å². The molecule has 8 nitrogen and oxygen atoms in total. The monoisotopic (exact) mass is 497 g/mol. The summed E-state index contributed by atoms with van der Waals surface area (Å²) in [4.78, 5) is 30.5. The van der Waals surface area contributed by atoms with E-state index in [-0.39, 0.29) is 17.8 Å². The van der Waals surface area contributed by atoms with Crippen molar-refractivity contribution in [1.82, 2.24) is 24.4 Å². The maximum Gasteiger partial charge on any atom is 0.222 e. The largest absolute Gasteiger partial charge is 0.350 e. The summed E-state index contributed by atoms with van der Waals surface area (Å²) in [5.41, 5.74) is 2.09. The summed E-state index contributed by atoms with van der Waals surface area (Å²) >= 11 is 0. The number of rotatable bonds is 5. The number of benzene rings is 1. The Morgan fingerprint density at radius 3 is 2.70 bits per heavy atom. The molecule has 0 radical (unpaired) electrons. The number of piperazine rings is 1. The van der Waals surface area contributed by atoms with Crippen LogP contribution < -0.4 is 4.90 Å². The van der Waals surface area contributed by atoms with E-state index in [2.05, 4.69) is 32.8 Å². The second-order valence-electron chi connectivity index (χ2n) is 9.78. The van der Waals surface area contributed by atoms with Gasteiger partial charge in [-0.05, 0) is 31.0 Å². The minimum Gasteiger partial charge on any atom is -0.350 e. The predicted molar refractivity (Wildman–Crippen MR) is 140 cm³/mol. The SMILES string of the molecule is CC(C)CC(=O)N1CCN(c2ncnc3c2c(-c2ccccc2F)cn3-c2cc(C#N)ccn2)[C@@H](C)C1. The van der Waals surface area contributed by atoms with Gasteiger partial charge in [-0.3, -0.25) is 9.36 Å². The molecule has 0 aliphatic carbocycles. The molecule has 1 saturated heterocycles. The van der Waals surface area contributed by atoms with Crippen molar-refractivity contribution in [2.45, 2.75) is 33.2 Å². The third-order valence-corrected chi connectivity index (χ3v) is 6.68. The van der Waals surface area contributed by atoms with Gasteiger partial charge < -0.3 is 9.80 Å². The molecule has 0 bridgehead atoms. The van der Waals surface area contributed by atoms with Crippen LogP contribution in [0.3, 0.4) is 0 Å². The van der Waals surface area contributed by atoms with Gasteiger partial charge in [0.1, 0.15) is 23.8 Å². The molecular formula is C28H28FN7O. The zero-order valence-electron chi connectivity index (χ0n) is 21.1. The van der Waals surface area contributed by atoms with E-state index >= 15 is 4.39 Å². The Bertz CT molecular complexity index is 1510. The Morgan fingerprint density at radius 1 is 1.16 bits per heavy atom. The summed E-state index contributed by atoms with van der Waals surface area (Å²) in [6.45, 7) is 7.93. The fourth-order valence-electron chi connectivity index (χ4n) is 4.92. The van der Waals surface area contributed by atoms with Gasteiger partial charge in [-0.2, -0.15) is 5.26 Å². The van der Waals surface area contributed by atoms with Gasteiger partial charge in [0.25, 0.3) is 0 Å². The lowest BCUT2D eigenvalue weighted by Crippen LogP contribution is -2.54. The third-order valence-electron chi connectivity index (χ3n) is 6.68. The number of carbonyl (C=O) groups excluding carboxylic acids is 1. The molecule has 4 heterocycles. The van der Waals surface area contributed by atoms with Crippen LogP contribution in [-0.2, 0) is 4.79 Å². The molecule has 0 unspecified atom stereocenters. The van der Waals surface area contributed by atoms with Gasteiger partial charge in [0, 0.05) is 55.6 Å². The van der Waals surface area contributed by atoms with Crippen LogP contribution in [0.1, 0.15) is 32.8 Å². The summed E-state index contributed by atoms with van der Waals surface area (Å²) in [7, 11) is 0. The summed E-state index contributed by atoms with van der Waals surface area (Å²) < 4.78 is 16.8. The van der Waals surface area contributed by atoms with Gasteiger partial charge >= 0.3 is 0 Å². The van der Waals surface area contributed by atoms with Gasteiger partial charge in [0.15, 0.2) is 5.65 Å². The molecule has 5 rings (SSSR count). The predicted octanol–water partition coefficient (Wildman–Crippen LogP) is 4.58. The standard InChI is InChI=1S/C28H28FN7O/c1-18(2)12-25(37)34-10-11-35(19(3)15-34)27-26-22(21-6-4-5-7-23(21)29)16-36(28(26)33-17-32-27)24-13-20(14-30)8-9-31-24/h4-9,13,16-19H,10-12,15H2,1-3H3/t19-/m0/s1. The van der Waals surface area contributed by atoms with Crippen molar-refractivity contribution in [1.29, 1.82) is 5.26 Å². The van der Waals surface area contributed by atoms with E-state index in [0.29, 0.717) is 71.3 Å². The highest BCUT2D eigenvalue weighted by atomic mass is 19.1. The van der Waals surface area contributed by atoms with E-state index < -0.39 is 0 Å². The highest BCUT2D eigenvalue weighted by Gasteiger charge is 2.31. The van der Waals surface area contributed by atoms with Gasteiger partial charge in [-0.1, -0.05) is 32.0 Å². The van der Waals surface area contributed by atoms with Crippen LogP contribution in [0.2, 0.25) is 0 Å². The number of amides is 1. The number of halogens is 1. The number of fused-ring (bicyclic) bond motifs is 1. The Hall–Kier alpha value is -4.32. The number of carbonyl (C=O) groups is 1. The lowest BCUT2D eigenvalue weighted by molar-refractivity contribution is -0.132. The van der Waals surface area contributed by atoms with Gasteiger partial charge in [0.05, 0.1) is 17.0 Å². The minimum atomic E-state index is -0.354. The Balaban J connectivity index is 1.64. The van der Waals surface area contributed by atoms with Crippen LogP contribution in [0.15, 0.2) is 55.1 Å². The van der Waals surface area contributed by atoms with Gasteiger partial charge in [0.2, 0.25) is 5.91 Å². The minimum absolute atomic E-state index is 0.000163. The Labute approximate surface area is 215 Å². The second kappa shape index (κ2) is 9.97. The zero-order valence-corrected chi connectivity index (χ0v) is 21.1. The number of pyridine rings is 1. The number of nitriles is 1. The molecule has 1 aliphatic rings. The molecule has 1 aromatic carbocycles. The molecule has 0 N–H and O–H groups in total. The van der Waals surface area contributed by atoms with E-state index in [1.54, 1.807) is 47.3 Å². The normalized spacial score (nSPS) is 15.8. The fourth-order valence-corrected chi connectivity index (χ4v) is 4.92. The van der Waals surface area contributed by atoms with Crippen LogP contribution in [0, 0.1) is 23.1 Å². The first-order chi connectivity index (χ1) is 17.9. The highest BCUT2D eigenvalue weighted by Crippen LogP contribution is 2.38. The molecule has 0 spiro atoms. The molecule has 1 amide bonds. The maximum atomic E-state index is 15.1. The molecule has 1 fully saturated rings. The van der Waals surface area contributed by atoms with Gasteiger partial charge in [-0.25, -0.2) is 19.3 Å². The van der Waals surface area contributed by atoms with Crippen molar-refractivity contribution in [3.05, 3.63) is 66.5 Å². The van der Waals surface area contributed by atoms with Crippen molar-refractivity contribution in [2.24, 2.45) is 5.92 Å². The van der Waals surface area contributed by atoms with Crippen LogP contribution in [0.4, 0.5) is 10.2 Å².